The van der Waals surface area contributed by atoms with E-state index in [9.17, 15) is 4.79 Å². The van der Waals surface area contributed by atoms with Crippen LogP contribution < -0.4 is 11.1 Å². The van der Waals surface area contributed by atoms with Crippen LogP contribution in [0, 0.1) is 0 Å². The molecular formula is C28H38N6O. The zero-order valence-corrected chi connectivity index (χ0v) is 20.5. The normalized spacial score (nSPS) is 18.0. The van der Waals surface area contributed by atoms with Crippen LogP contribution in [0.4, 0.5) is 0 Å². The fourth-order valence-corrected chi connectivity index (χ4v) is 4.67. The highest BCUT2D eigenvalue weighted by molar-refractivity contribution is 5.90. The number of H-pyrrole nitrogens is 1. The number of benzene rings is 2. The maximum absolute atomic E-state index is 11.9. The monoisotopic (exact) mass is 474 g/mol. The van der Waals surface area contributed by atoms with Crippen molar-refractivity contribution in [1.82, 2.24) is 25.1 Å². The number of hydrogen-bond acceptors (Lipinski definition) is 5. The van der Waals surface area contributed by atoms with E-state index >= 15 is 0 Å². The molecule has 1 amide bonds. The van der Waals surface area contributed by atoms with E-state index in [-0.39, 0.29) is 11.9 Å². The molecule has 0 saturated carbocycles. The van der Waals surface area contributed by atoms with Crippen molar-refractivity contribution in [3.8, 4) is 0 Å². The Hall–Kier alpha value is -3.00. The number of amides is 1. The molecule has 0 spiro atoms. The Labute approximate surface area is 208 Å². The predicted molar refractivity (Wildman–Crippen MR) is 140 cm³/mol. The topological polar surface area (TPSA) is 90.3 Å². The van der Waals surface area contributed by atoms with Crippen molar-refractivity contribution in [2.75, 3.05) is 26.2 Å². The van der Waals surface area contributed by atoms with Crippen molar-refractivity contribution in [1.29, 1.82) is 0 Å². The van der Waals surface area contributed by atoms with Gasteiger partial charge in [-0.05, 0) is 49.9 Å². The number of piperidine rings is 2. The maximum Gasteiger partial charge on any atom is 0.287 e. The molecule has 1 aromatic heterocycles. The minimum atomic E-state index is -0.110. The molecular weight excluding hydrogens is 436 g/mol. The second kappa shape index (κ2) is 13.2. The number of likely N-dealkylation sites (tertiary alicyclic amines) is 2. The van der Waals surface area contributed by atoms with E-state index in [1.54, 1.807) is 12.4 Å². The molecule has 2 saturated heterocycles. The molecule has 186 valence electrons. The Morgan fingerprint density at radius 2 is 1.37 bits per heavy atom. The van der Waals surface area contributed by atoms with E-state index in [2.05, 4.69) is 79.7 Å². The largest absolute Gasteiger partial charge is 0.347 e. The van der Waals surface area contributed by atoms with E-state index in [1.165, 1.54) is 11.1 Å². The third-order valence-electron chi connectivity index (χ3n) is 6.77. The van der Waals surface area contributed by atoms with Gasteiger partial charge in [0.2, 0.25) is 0 Å². The van der Waals surface area contributed by atoms with Crippen LogP contribution in [0.25, 0.3) is 0 Å². The summed E-state index contributed by atoms with van der Waals surface area (Å²) in [6, 6.07) is 21.8. The number of carbonyl (C=O) groups excluding carboxylic acids is 1. The Morgan fingerprint density at radius 1 is 0.857 bits per heavy atom. The van der Waals surface area contributed by atoms with Crippen LogP contribution >= 0.6 is 0 Å². The third kappa shape index (κ3) is 8.31. The fraction of sp³-hybridized carbons (Fsp3) is 0.429. The predicted octanol–water partition coefficient (Wildman–Crippen LogP) is 3.41. The average Bonchev–Trinajstić information content (AvgIpc) is 3.44. The first kappa shape index (κ1) is 25.1. The molecule has 2 aliphatic rings. The van der Waals surface area contributed by atoms with Gasteiger partial charge in [0.1, 0.15) is 0 Å². The minimum absolute atomic E-state index is 0.110. The summed E-state index contributed by atoms with van der Waals surface area (Å²) in [5, 5.41) is 3.05. The van der Waals surface area contributed by atoms with Gasteiger partial charge in [-0.25, -0.2) is 4.98 Å². The summed E-state index contributed by atoms with van der Waals surface area (Å²) in [5.41, 5.74) is 8.61. The molecule has 2 aliphatic heterocycles. The number of carbonyl (C=O) groups is 1. The minimum Gasteiger partial charge on any atom is -0.347 e. The number of aromatic nitrogens is 2. The molecule has 35 heavy (non-hydrogen) atoms. The number of nitrogens with two attached hydrogens (primary N) is 1. The molecule has 2 aromatic carbocycles. The number of nitrogens with one attached hydrogen (secondary N) is 2. The van der Waals surface area contributed by atoms with Gasteiger partial charge < -0.3 is 16.0 Å². The SMILES string of the molecule is NC1CCN(Cc2ccccc2)CC1.O=C(NC1CCN(Cc2ccccc2)CC1)c1ncc[nH]1. The Balaban J connectivity index is 0.000000179. The summed E-state index contributed by atoms with van der Waals surface area (Å²) in [7, 11) is 0. The Morgan fingerprint density at radius 3 is 1.86 bits per heavy atom. The van der Waals surface area contributed by atoms with Crippen molar-refractivity contribution >= 4 is 5.91 Å². The summed E-state index contributed by atoms with van der Waals surface area (Å²) in [6.07, 6.45) is 7.52. The van der Waals surface area contributed by atoms with Crippen LogP contribution in [0.1, 0.15) is 47.4 Å². The number of hydrogen-bond donors (Lipinski definition) is 3. The third-order valence-corrected chi connectivity index (χ3v) is 6.77. The highest BCUT2D eigenvalue weighted by atomic mass is 16.2. The lowest BCUT2D eigenvalue weighted by molar-refractivity contribution is 0.0899. The van der Waals surface area contributed by atoms with Gasteiger partial charge in [-0.3, -0.25) is 14.6 Å². The zero-order valence-electron chi connectivity index (χ0n) is 20.5. The molecule has 0 aliphatic carbocycles. The summed E-state index contributed by atoms with van der Waals surface area (Å²) in [4.78, 5) is 23.7. The van der Waals surface area contributed by atoms with Gasteiger partial charge >= 0.3 is 0 Å². The van der Waals surface area contributed by atoms with Gasteiger partial charge in [-0.1, -0.05) is 60.7 Å². The van der Waals surface area contributed by atoms with Crippen molar-refractivity contribution in [3.05, 3.63) is 90.0 Å². The van der Waals surface area contributed by atoms with Gasteiger partial charge in [0, 0.05) is 50.7 Å². The lowest BCUT2D eigenvalue weighted by Gasteiger charge is -2.32. The molecule has 0 radical (unpaired) electrons. The number of aromatic amines is 1. The number of nitrogens with zero attached hydrogens (tertiary/aromatic N) is 3. The van der Waals surface area contributed by atoms with Crippen molar-refractivity contribution in [2.45, 2.75) is 50.9 Å². The number of rotatable bonds is 6. The first-order chi connectivity index (χ1) is 17.2. The first-order valence-electron chi connectivity index (χ1n) is 12.7. The molecule has 7 heteroatoms. The summed E-state index contributed by atoms with van der Waals surface area (Å²) < 4.78 is 0. The van der Waals surface area contributed by atoms with Crippen LogP contribution in [0.15, 0.2) is 73.1 Å². The molecule has 5 rings (SSSR count). The summed E-state index contributed by atoms with van der Waals surface area (Å²) in [6.45, 7) is 6.38. The maximum atomic E-state index is 11.9. The van der Waals surface area contributed by atoms with E-state index in [1.807, 2.05) is 6.07 Å². The molecule has 3 aromatic rings. The second-order valence-electron chi connectivity index (χ2n) is 9.55. The van der Waals surface area contributed by atoms with Gasteiger partial charge in [0.15, 0.2) is 5.82 Å². The quantitative estimate of drug-likeness (QED) is 0.509. The fourth-order valence-electron chi connectivity index (χ4n) is 4.67. The standard InChI is InChI=1S/C16H20N4O.C12H18N2/c21-16(15-17-8-9-18-15)19-14-6-10-20(11-7-14)12-13-4-2-1-3-5-13;13-12-6-8-14(9-7-12)10-11-4-2-1-3-5-11/h1-5,8-9,14H,6-7,10-12H2,(H,17,18)(H,19,21);1-5,12H,6-10,13H2. The smallest absolute Gasteiger partial charge is 0.287 e. The molecule has 4 N–H and O–H groups in total. The molecule has 0 atom stereocenters. The van der Waals surface area contributed by atoms with Gasteiger partial charge in [0.05, 0.1) is 0 Å². The lowest BCUT2D eigenvalue weighted by atomic mass is 10.0. The lowest BCUT2D eigenvalue weighted by Crippen LogP contribution is -2.44. The average molecular weight is 475 g/mol. The molecule has 3 heterocycles. The second-order valence-corrected chi connectivity index (χ2v) is 9.55. The van der Waals surface area contributed by atoms with Crippen LogP contribution in [-0.4, -0.2) is 63.9 Å². The van der Waals surface area contributed by atoms with Crippen LogP contribution in [-0.2, 0) is 13.1 Å². The summed E-state index contributed by atoms with van der Waals surface area (Å²) >= 11 is 0. The Bertz CT molecular complexity index is 979. The van der Waals surface area contributed by atoms with Crippen LogP contribution in [0.5, 0.6) is 0 Å². The number of imidazole rings is 1. The van der Waals surface area contributed by atoms with Gasteiger partial charge in [-0.2, -0.15) is 0 Å². The molecule has 0 unspecified atom stereocenters. The summed E-state index contributed by atoms with van der Waals surface area (Å²) in [5.74, 6) is 0.281. The molecule has 2 fully saturated rings. The van der Waals surface area contributed by atoms with Gasteiger partial charge in [0.25, 0.3) is 5.91 Å². The van der Waals surface area contributed by atoms with Gasteiger partial charge in [-0.15, -0.1) is 0 Å². The van der Waals surface area contributed by atoms with Crippen molar-refractivity contribution < 1.29 is 4.79 Å². The van der Waals surface area contributed by atoms with E-state index < -0.39 is 0 Å². The van der Waals surface area contributed by atoms with Crippen LogP contribution in [0.2, 0.25) is 0 Å². The van der Waals surface area contributed by atoms with Crippen molar-refractivity contribution in [2.24, 2.45) is 5.73 Å². The highest BCUT2D eigenvalue weighted by Crippen LogP contribution is 2.14. The highest BCUT2D eigenvalue weighted by Gasteiger charge is 2.21. The van der Waals surface area contributed by atoms with Crippen LogP contribution in [0.3, 0.4) is 0 Å². The Kier molecular flexibility index (Phi) is 9.46. The van der Waals surface area contributed by atoms with E-state index in [0.717, 1.165) is 65.0 Å². The van der Waals surface area contributed by atoms with E-state index in [0.29, 0.717) is 11.9 Å². The van der Waals surface area contributed by atoms with Crippen molar-refractivity contribution in [3.63, 3.8) is 0 Å². The first-order valence-corrected chi connectivity index (χ1v) is 12.7. The molecule has 7 nitrogen and oxygen atoms in total. The molecule has 0 bridgehead atoms. The zero-order chi connectivity index (χ0) is 24.3. The van der Waals surface area contributed by atoms with E-state index in [4.69, 9.17) is 5.73 Å².